The summed E-state index contributed by atoms with van der Waals surface area (Å²) in [6, 6.07) is 4.58. The van der Waals surface area contributed by atoms with Crippen molar-refractivity contribution in [3.63, 3.8) is 0 Å². The molecule has 3 rings (SSSR count). The van der Waals surface area contributed by atoms with Crippen LogP contribution in [0.5, 0.6) is 5.75 Å². The number of alkyl halides is 2. The summed E-state index contributed by atoms with van der Waals surface area (Å²) in [5, 5.41) is 4.12. The molecule has 7 heteroatoms. The second kappa shape index (κ2) is 5.89. The van der Waals surface area contributed by atoms with Crippen molar-refractivity contribution in [3.05, 3.63) is 35.0 Å². The molecule has 0 saturated carbocycles. The van der Waals surface area contributed by atoms with Crippen molar-refractivity contribution in [3.8, 4) is 17.0 Å². The Labute approximate surface area is 138 Å². The molecule has 1 aliphatic heterocycles. The third kappa shape index (κ3) is 2.74. The van der Waals surface area contributed by atoms with Crippen molar-refractivity contribution < 1.29 is 23.0 Å². The molecule has 2 heterocycles. The molecule has 1 aromatic carbocycles. The molecule has 0 amide bonds. The number of carbonyl (C=O) groups excluding carboxylic acids is 1. The zero-order valence-corrected chi connectivity index (χ0v) is 13.7. The van der Waals surface area contributed by atoms with E-state index in [-0.39, 0.29) is 36.6 Å². The molecule has 0 saturated heterocycles. The van der Waals surface area contributed by atoms with Gasteiger partial charge in [-0.2, -0.15) is 5.10 Å². The summed E-state index contributed by atoms with van der Waals surface area (Å²) in [7, 11) is 1.66. The molecule has 0 bridgehead atoms. The highest BCUT2D eigenvalue weighted by molar-refractivity contribution is 5.89. The van der Waals surface area contributed by atoms with E-state index in [1.54, 1.807) is 26.1 Å². The Bertz CT molecular complexity index is 799. The molecule has 0 radical (unpaired) electrons. The highest BCUT2D eigenvalue weighted by Crippen LogP contribution is 2.44. The van der Waals surface area contributed by atoms with Crippen LogP contribution in [-0.4, -0.2) is 29.0 Å². The van der Waals surface area contributed by atoms with Gasteiger partial charge in [0.1, 0.15) is 5.75 Å². The van der Waals surface area contributed by atoms with E-state index in [9.17, 15) is 13.6 Å². The second-order valence-corrected chi connectivity index (χ2v) is 5.73. The number of rotatable bonds is 3. The van der Waals surface area contributed by atoms with Crippen LogP contribution < -0.4 is 4.74 Å². The fraction of sp³-hybridized carbons (Fsp3) is 0.412. The van der Waals surface area contributed by atoms with E-state index in [0.717, 1.165) is 5.56 Å². The predicted molar refractivity (Wildman–Crippen MR) is 83.3 cm³/mol. The molecule has 2 aromatic rings. The first kappa shape index (κ1) is 16.4. The van der Waals surface area contributed by atoms with Crippen LogP contribution in [0.15, 0.2) is 18.2 Å². The van der Waals surface area contributed by atoms with Crippen molar-refractivity contribution in [2.75, 3.05) is 13.2 Å². The van der Waals surface area contributed by atoms with Crippen molar-refractivity contribution >= 4 is 5.97 Å². The fourth-order valence-electron chi connectivity index (χ4n) is 2.81. The molecule has 0 unspecified atom stereocenters. The summed E-state index contributed by atoms with van der Waals surface area (Å²) < 4.78 is 40.1. The van der Waals surface area contributed by atoms with Crippen LogP contribution in [0, 0.1) is 6.92 Å². The number of esters is 1. The van der Waals surface area contributed by atoms with Crippen LogP contribution in [0.2, 0.25) is 0 Å². The average Bonchev–Trinajstić information content (AvgIpc) is 2.88. The first-order valence-corrected chi connectivity index (χ1v) is 7.70. The normalized spacial score (nSPS) is 15.5. The Balaban J connectivity index is 2.09. The van der Waals surface area contributed by atoms with Gasteiger partial charge in [-0.05, 0) is 37.6 Å². The quantitative estimate of drug-likeness (QED) is 0.806. The van der Waals surface area contributed by atoms with Crippen LogP contribution in [0.4, 0.5) is 8.78 Å². The van der Waals surface area contributed by atoms with E-state index in [1.807, 2.05) is 6.92 Å². The lowest BCUT2D eigenvalue weighted by Gasteiger charge is -2.26. The summed E-state index contributed by atoms with van der Waals surface area (Å²) in [5.74, 6) is -3.26. The topological polar surface area (TPSA) is 53.4 Å². The Kier molecular flexibility index (Phi) is 4.03. The molecule has 0 aliphatic carbocycles. The van der Waals surface area contributed by atoms with Crippen LogP contribution in [0.1, 0.15) is 35.0 Å². The Morgan fingerprint density at radius 3 is 2.88 bits per heavy atom. The van der Waals surface area contributed by atoms with Gasteiger partial charge in [0.2, 0.25) is 0 Å². The predicted octanol–water partition coefficient (Wildman–Crippen LogP) is 3.45. The molecule has 1 aliphatic rings. The molecule has 24 heavy (non-hydrogen) atoms. The molecular formula is C17H18F2N2O3. The van der Waals surface area contributed by atoms with Crippen molar-refractivity contribution in [1.29, 1.82) is 0 Å². The number of hydrogen-bond donors (Lipinski definition) is 0. The van der Waals surface area contributed by atoms with Gasteiger partial charge in [-0.1, -0.05) is 0 Å². The molecular weight excluding hydrogens is 318 g/mol. The van der Waals surface area contributed by atoms with Crippen LogP contribution in [-0.2, 0) is 17.7 Å². The average molecular weight is 336 g/mol. The van der Waals surface area contributed by atoms with E-state index in [4.69, 9.17) is 9.47 Å². The second-order valence-electron chi connectivity index (χ2n) is 5.73. The lowest BCUT2D eigenvalue weighted by molar-refractivity contribution is -0.0404. The number of carbonyl (C=O) groups is 1. The number of aromatic nitrogens is 2. The van der Waals surface area contributed by atoms with Gasteiger partial charge in [0.25, 0.3) is 5.92 Å². The molecule has 5 nitrogen and oxygen atoms in total. The van der Waals surface area contributed by atoms with Gasteiger partial charge in [-0.15, -0.1) is 0 Å². The lowest BCUT2D eigenvalue weighted by atomic mass is 9.95. The van der Waals surface area contributed by atoms with Crippen LogP contribution in [0.3, 0.4) is 0 Å². The minimum absolute atomic E-state index is 0.00248. The van der Waals surface area contributed by atoms with E-state index in [1.165, 1.54) is 10.7 Å². The van der Waals surface area contributed by atoms with Crippen molar-refractivity contribution in [2.45, 2.75) is 26.2 Å². The Hall–Kier alpha value is -2.44. The van der Waals surface area contributed by atoms with Gasteiger partial charge >= 0.3 is 5.97 Å². The van der Waals surface area contributed by atoms with E-state index in [2.05, 4.69) is 5.10 Å². The zero-order valence-electron chi connectivity index (χ0n) is 13.7. The Morgan fingerprint density at radius 1 is 1.42 bits per heavy atom. The number of hydrogen-bond acceptors (Lipinski definition) is 4. The van der Waals surface area contributed by atoms with Crippen molar-refractivity contribution in [2.24, 2.45) is 7.05 Å². The molecule has 0 spiro atoms. The maximum Gasteiger partial charge on any atom is 0.358 e. The number of halogens is 2. The number of nitrogens with zero attached hydrogens (tertiary/aromatic N) is 2. The number of fused-ring (bicyclic) bond motifs is 1. The van der Waals surface area contributed by atoms with E-state index in [0.29, 0.717) is 11.3 Å². The largest absolute Gasteiger partial charge is 0.493 e. The molecule has 0 fully saturated rings. The summed E-state index contributed by atoms with van der Waals surface area (Å²) in [6.07, 6.45) is -0.345. The summed E-state index contributed by atoms with van der Waals surface area (Å²) >= 11 is 0. The van der Waals surface area contributed by atoms with Gasteiger partial charge in [0.15, 0.2) is 5.69 Å². The Morgan fingerprint density at radius 2 is 2.17 bits per heavy atom. The zero-order chi connectivity index (χ0) is 17.5. The third-order valence-electron chi connectivity index (χ3n) is 4.03. The first-order valence-electron chi connectivity index (χ1n) is 7.70. The fourth-order valence-corrected chi connectivity index (χ4v) is 2.81. The minimum atomic E-state index is -2.93. The molecule has 0 N–H and O–H groups in total. The van der Waals surface area contributed by atoms with Crippen molar-refractivity contribution in [1.82, 2.24) is 9.78 Å². The van der Waals surface area contributed by atoms with Gasteiger partial charge in [-0.25, -0.2) is 13.6 Å². The smallest absolute Gasteiger partial charge is 0.358 e. The lowest BCUT2D eigenvalue weighted by Crippen LogP contribution is -2.24. The van der Waals surface area contributed by atoms with E-state index >= 15 is 0 Å². The monoisotopic (exact) mass is 336 g/mol. The number of benzene rings is 1. The molecule has 0 atom stereocenters. The standard InChI is InChI=1S/C17H18F2N2O3/c1-4-23-16(22)13-9-14(21(3)20-13)11-8-12-15(7-10(11)2)24-6-5-17(12,18)19/h7-9H,4-6H2,1-3H3. The summed E-state index contributed by atoms with van der Waals surface area (Å²) in [5.41, 5.74) is 1.94. The van der Waals surface area contributed by atoms with Gasteiger partial charge in [0.05, 0.1) is 30.9 Å². The van der Waals surface area contributed by atoms with Crippen LogP contribution >= 0.6 is 0 Å². The highest BCUT2D eigenvalue weighted by Gasteiger charge is 2.38. The van der Waals surface area contributed by atoms with Gasteiger partial charge in [0, 0.05) is 12.6 Å². The number of ether oxygens (including phenoxy) is 2. The molecule has 128 valence electrons. The maximum atomic E-state index is 14.2. The SMILES string of the molecule is CCOC(=O)c1cc(-c2cc3c(cc2C)OCCC3(F)F)n(C)n1. The minimum Gasteiger partial charge on any atom is -0.493 e. The van der Waals surface area contributed by atoms with Gasteiger partial charge in [-0.3, -0.25) is 4.68 Å². The van der Waals surface area contributed by atoms with Crippen LogP contribution in [0.25, 0.3) is 11.3 Å². The highest BCUT2D eigenvalue weighted by atomic mass is 19.3. The first-order chi connectivity index (χ1) is 11.3. The van der Waals surface area contributed by atoms with Gasteiger partial charge < -0.3 is 9.47 Å². The summed E-state index contributed by atoms with van der Waals surface area (Å²) in [6.45, 7) is 3.75. The molecule has 1 aromatic heterocycles. The maximum absolute atomic E-state index is 14.2. The summed E-state index contributed by atoms with van der Waals surface area (Å²) in [4.78, 5) is 11.8. The number of aryl methyl sites for hydroxylation is 2. The third-order valence-corrected chi connectivity index (χ3v) is 4.03. The van der Waals surface area contributed by atoms with E-state index < -0.39 is 11.9 Å².